The number of halogens is 1. The minimum Gasteiger partial charge on any atom is -0.384 e. The molecule has 1 unspecified atom stereocenters. The summed E-state index contributed by atoms with van der Waals surface area (Å²) in [5, 5.41) is 11.9. The van der Waals surface area contributed by atoms with Crippen LogP contribution in [0, 0.1) is 6.92 Å². The van der Waals surface area contributed by atoms with Crippen LogP contribution in [0.2, 0.25) is 5.02 Å². The summed E-state index contributed by atoms with van der Waals surface area (Å²) >= 11 is 5.92. The Bertz CT molecular complexity index is 820. The van der Waals surface area contributed by atoms with E-state index in [0.29, 0.717) is 10.6 Å². The van der Waals surface area contributed by atoms with Crippen molar-refractivity contribution in [3.05, 3.63) is 64.4 Å². The molecule has 2 aromatic heterocycles. The van der Waals surface area contributed by atoms with Gasteiger partial charge in [0.1, 0.15) is 11.9 Å². The smallest absolute Gasteiger partial charge is 0.129 e. The van der Waals surface area contributed by atoms with E-state index in [4.69, 9.17) is 17.3 Å². The summed E-state index contributed by atoms with van der Waals surface area (Å²) in [4.78, 5) is 8.41. The van der Waals surface area contributed by atoms with Crippen molar-refractivity contribution in [2.24, 2.45) is 0 Å². The highest BCUT2D eigenvalue weighted by atomic mass is 35.5. The Balaban J connectivity index is 2.07. The average molecular weight is 300 g/mol. The van der Waals surface area contributed by atoms with Crippen LogP contribution in [0.25, 0.3) is 10.9 Å². The molecule has 0 fully saturated rings. The maximum absolute atomic E-state index is 10.5. The molecule has 3 rings (SSSR count). The summed E-state index contributed by atoms with van der Waals surface area (Å²) in [5.74, 6) is 0.272. The van der Waals surface area contributed by atoms with Gasteiger partial charge < -0.3 is 10.8 Å². The zero-order chi connectivity index (χ0) is 15.0. The second-order valence-electron chi connectivity index (χ2n) is 4.94. The fraction of sp³-hybridized carbons (Fsp3) is 0.125. The molecule has 0 aliphatic carbocycles. The van der Waals surface area contributed by atoms with E-state index in [1.165, 1.54) is 6.20 Å². The Morgan fingerprint density at radius 2 is 2.00 bits per heavy atom. The molecule has 5 heteroatoms. The Morgan fingerprint density at radius 3 is 2.81 bits per heavy atom. The van der Waals surface area contributed by atoms with Gasteiger partial charge in [-0.1, -0.05) is 23.7 Å². The highest BCUT2D eigenvalue weighted by Gasteiger charge is 2.15. The van der Waals surface area contributed by atoms with Crippen molar-refractivity contribution < 1.29 is 5.11 Å². The Kier molecular flexibility index (Phi) is 3.49. The third-order valence-electron chi connectivity index (χ3n) is 3.38. The van der Waals surface area contributed by atoms with Gasteiger partial charge in [-0.05, 0) is 36.8 Å². The predicted molar refractivity (Wildman–Crippen MR) is 84.2 cm³/mol. The lowest BCUT2D eigenvalue weighted by Gasteiger charge is -2.14. The summed E-state index contributed by atoms with van der Waals surface area (Å²) in [7, 11) is 0. The van der Waals surface area contributed by atoms with Crippen LogP contribution in [0.5, 0.6) is 0 Å². The second kappa shape index (κ2) is 5.31. The van der Waals surface area contributed by atoms with Gasteiger partial charge in [0.25, 0.3) is 0 Å². The maximum Gasteiger partial charge on any atom is 0.129 e. The van der Waals surface area contributed by atoms with E-state index >= 15 is 0 Å². The molecule has 3 N–H and O–H groups in total. The van der Waals surface area contributed by atoms with Gasteiger partial charge in [-0.3, -0.25) is 4.98 Å². The fourth-order valence-corrected chi connectivity index (χ4v) is 2.45. The third-order valence-corrected chi connectivity index (χ3v) is 3.59. The zero-order valence-corrected chi connectivity index (χ0v) is 12.2. The van der Waals surface area contributed by atoms with Crippen molar-refractivity contribution in [1.82, 2.24) is 9.97 Å². The molecule has 4 nitrogen and oxygen atoms in total. The predicted octanol–water partition coefficient (Wildman–Crippen LogP) is 3.26. The molecule has 0 amide bonds. The summed E-state index contributed by atoms with van der Waals surface area (Å²) in [6.45, 7) is 1.94. The first kappa shape index (κ1) is 13.8. The van der Waals surface area contributed by atoms with Gasteiger partial charge in [0.05, 0.1) is 10.5 Å². The summed E-state index contributed by atoms with van der Waals surface area (Å²) in [5.41, 5.74) is 8.90. The number of rotatable bonds is 2. The summed E-state index contributed by atoms with van der Waals surface area (Å²) < 4.78 is 0. The number of nitrogens with two attached hydrogens (primary N) is 1. The van der Waals surface area contributed by atoms with Crippen molar-refractivity contribution in [1.29, 1.82) is 0 Å². The van der Waals surface area contributed by atoms with Gasteiger partial charge in [-0.15, -0.1) is 0 Å². The first-order valence-corrected chi connectivity index (χ1v) is 6.88. The van der Waals surface area contributed by atoms with Crippen molar-refractivity contribution in [3.63, 3.8) is 0 Å². The molecule has 0 aliphatic rings. The minimum atomic E-state index is -0.873. The highest BCUT2D eigenvalue weighted by molar-refractivity contribution is 6.30. The molecule has 1 aromatic carbocycles. The number of aliphatic hydroxyl groups excluding tert-OH is 1. The van der Waals surface area contributed by atoms with Crippen LogP contribution in [0.15, 0.2) is 42.6 Å². The van der Waals surface area contributed by atoms with Crippen molar-refractivity contribution in [3.8, 4) is 0 Å². The number of nitrogen functional groups attached to an aromatic ring is 1. The molecular weight excluding hydrogens is 286 g/mol. The molecule has 0 radical (unpaired) electrons. The number of aliphatic hydroxyl groups is 1. The van der Waals surface area contributed by atoms with Gasteiger partial charge in [-0.25, -0.2) is 4.98 Å². The van der Waals surface area contributed by atoms with E-state index in [-0.39, 0.29) is 5.82 Å². The topological polar surface area (TPSA) is 72.0 Å². The lowest BCUT2D eigenvalue weighted by molar-refractivity contribution is 0.221. The van der Waals surface area contributed by atoms with Gasteiger partial charge in [0.15, 0.2) is 0 Å². The number of anilines is 1. The molecule has 21 heavy (non-hydrogen) atoms. The Hall–Kier alpha value is -2.17. The highest BCUT2D eigenvalue weighted by Crippen LogP contribution is 2.29. The lowest BCUT2D eigenvalue weighted by Crippen LogP contribution is -2.05. The number of pyridine rings is 2. The quantitative estimate of drug-likeness (QED) is 0.762. The first-order chi connectivity index (χ1) is 10.0. The van der Waals surface area contributed by atoms with Crippen molar-refractivity contribution in [2.75, 3.05) is 5.73 Å². The molecular formula is C16H14ClN3O. The van der Waals surface area contributed by atoms with Crippen molar-refractivity contribution >= 4 is 28.3 Å². The molecule has 0 saturated heterocycles. The number of benzene rings is 1. The third kappa shape index (κ3) is 2.68. The van der Waals surface area contributed by atoms with E-state index in [9.17, 15) is 5.11 Å². The van der Waals surface area contributed by atoms with Crippen LogP contribution in [-0.4, -0.2) is 15.1 Å². The van der Waals surface area contributed by atoms with E-state index in [2.05, 4.69) is 9.97 Å². The van der Waals surface area contributed by atoms with E-state index < -0.39 is 6.10 Å². The lowest BCUT2D eigenvalue weighted by atomic mass is 10.0. The number of aryl methyl sites for hydroxylation is 1. The number of hydrogen-bond acceptors (Lipinski definition) is 4. The van der Waals surface area contributed by atoms with Crippen LogP contribution in [0.3, 0.4) is 0 Å². The molecule has 2 heterocycles. The number of hydrogen-bond donors (Lipinski definition) is 2. The molecule has 106 valence electrons. The molecule has 0 saturated carbocycles. The van der Waals surface area contributed by atoms with Crippen LogP contribution < -0.4 is 5.73 Å². The molecule has 3 aromatic rings. The largest absolute Gasteiger partial charge is 0.384 e. The van der Waals surface area contributed by atoms with Crippen LogP contribution in [0.1, 0.15) is 22.9 Å². The minimum absolute atomic E-state index is 0.272. The van der Waals surface area contributed by atoms with Gasteiger partial charge in [0, 0.05) is 22.8 Å². The normalized spacial score (nSPS) is 12.5. The monoisotopic (exact) mass is 299 g/mol. The maximum atomic E-state index is 10.5. The summed E-state index contributed by atoms with van der Waals surface area (Å²) in [6.07, 6.45) is 0.585. The van der Waals surface area contributed by atoms with E-state index in [1.807, 2.05) is 37.3 Å². The Labute approximate surface area is 127 Å². The average Bonchev–Trinajstić information content (AvgIpc) is 2.48. The van der Waals surface area contributed by atoms with Gasteiger partial charge >= 0.3 is 0 Å². The SMILES string of the molecule is Cc1ccc2cc(C(O)c3cc(Cl)cnc3N)ccc2n1. The van der Waals surface area contributed by atoms with E-state index in [0.717, 1.165) is 22.2 Å². The zero-order valence-electron chi connectivity index (χ0n) is 11.4. The van der Waals surface area contributed by atoms with Crippen LogP contribution in [-0.2, 0) is 0 Å². The molecule has 0 spiro atoms. The second-order valence-corrected chi connectivity index (χ2v) is 5.37. The van der Waals surface area contributed by atoms with Crippen LogP contribution in [0.4, 0.5) is 5.82 Å². The standard InChI is InChI=1S/C16H14ClN3O/c1-9-2-3-10-6-11(4-5-14(10)20-9)15(21)13-7-12(17)8-19-16(13)18/h2-8,15,21H,1H3,(H2,18,19). The summed E-state index contributed by atoms with van der Waals surface area (Å²) in [6, 6.07) is 11.2. The van der Waals surface area contributed by atoms with Gasteiger partial charge in [0.2, 0.25) is 0 Å². The van der Waals surface area contributed by atoms with E-state index in [1.54, 1.807) is 6.07 Å². The molecule has 0 aliphatic heterocycles. The van der Waals surface area contributed by atoms with Gasteiger partial charge in [-0.2, -0.15) is 0 Å². The fourth-order valence-electron chi connectivity index (χ4n) is 2.28. The number of nitrogens with zero attached hydrogens (tertiary/aromatic N) is 2. The number of fused-ring (bicyclic) bond motifs is 1. The number of aromatic nitrogens is 2. The Morgan fingerprint density at radius 1 is 1.19 bits per heavy atom. The molecule has 1 atom stereocenters. The molecule has 0 bridgehead atoms. The van der Waals surface area contributed by atoms with Crippen LogP contribution >= 0.6 is 11.6 Å². The first-order valence-electron chi connectivity index (χ1n) is 6.51. The van der Waals surface area contributed by atoms with Crippen molar-refractivity contribution in [2.45, 2.75) is 13.0 Å².